The van der Waals surface area contributed by atoms with E-state index >= 15 is 0 Å². The number of amides is 2. The molecule has 0 aliphatic carbocycles. The van der Waals surface area contributed by atoms with Crippen molar-refractivity contribution in [2.24, 2.45) is 0 Å². The van der Waals surface area contributed by atoms with Crippen molar-refractivity contribution in [1.82, 2.24) is 0 Å². The summed E-state index contributed by atoms with van der Waals surface area (Å²) in [5.74, 6) is -0.579. The quantitative estimate of drug-likeness (QED) is 0.246. The van der Waals surface area contributed by atoms with Gasteiger partial charge in [-0.25, -0.2) is 0 Å². The number of alkyl halides is 3. The van der Waals surface area contributed by atoms with Crippen LogP contribution in [0.2, 0.25) is 0 Å². The fraction of sp³-hybridized carbons (Fsp3) is 0.259. The molecule has 190 valence electrons. The molecule has 0 aromatic heterocycles. The van der Waals surface area contributed by atoms with Crippen LogP contribution >= 0.6 is 15.9 Å². The van der Waals surface area contributed by atoms with Crippen LogP contribution in [0.4, 0.5) is 24.5 Å². The maximum absolute atomic E-state index is 13.0. The van der Waals surface area contributed by atoms with Gasteiger partial charge in [0.15, 0.2) is 0 Å². The second-order valence-electron chi connectivity index (χ2n) is 8.12. The Labute approximate surface area is 216 Å². The first-order chi connectivity index (χ1) is 17.2. The molecule has 0 saturated carbocycles. The summed E-state index contributed by atoms with van der Waals surface area (Å²) < 4.78 is 45.4. The van der Waals surface area contributed by atoms with E-state index in [0.717, 1.165) is 37.8 Å². The maximum atomic E-state index is 13.0. The molecular formula is C27H26BrF3N2O3. The Kier molecular flexibility index (Phi) is 9.52. The van der Waals surface area contributed by atoms with Crippen LogP contribution in [0.3, 0.4) is 0 Å². The van der Waals surface area contributed by atoms with Gasteiger partial charge in [0.05, 0.1) is 17.7 Å². The van der Waals surface area contributed by atoms with Crippen LogP contribution < -0.4 is 15.4 Å². The van der Waals surface area contributed by atoms with Crippen molar-refractivity contribution in [3.63, 3.8) is 0 Å². The third-order valence-electron chi connectivity index (χ3n) is 5.27. The minimum Gasteiger partial charge on any atom is -0.493 e. The van der Waals surface area contributed by atoms with Crippen LogP contribution in [0.5, 0.6) is 5.75 Å². The lowest BCUT2D eigenvalue weighted by Crippen LogP contribution is -2.16. The van der Waals surface area contributed by atoms with Crippen molar-refractivity contribution >= 4 is 39.1 Å². The molecule has 0 heterocycles. The van der Waals surface area contributed by atoms with E-state index < -0.39 is 23.6 Å². The minimum atomic E-state index is -4.52. The Morgan fingerprint density at radius 1 is 0.861 bits per heavy atom. The highest BCUT2D eigenvalue weighted by molar-refractivity contribution is 9.10. The minimum absolute atomic E-state index is 0.0131. The van der Waals surface area contributed by atoms with Gasteiger partial charge >= 0.3 is 6.18 Å². The van der Waals surface area contributed by atoms with Crippen LogP contribution in [-0.2, 0) is 6.18 Å². The van der Waals surface area contributed by atoms with Gasteiger partial charge in [0, 0.05) is 21.4 Å². The van der Waals surface area contributed by atoms with E-state index in [9.17, 15) is 22.8 Å². The Morgan fingerprint density at radius 3 is 2.28 bits per heavy atom. The molecule has 0 fully saturated rings. The number of hydrogen-bond acceptors (Lipinski definition) is 3. The Morgan fingerprint density at radius 2 is 1.56 bits per heavy atom. The molecule has 0 atom stereocenters. The summed E-state index contributed by atoms with van der Waals surface area (Å²) in [4.78, 5) is 25.7. The maximum Gasteiger partial charge on any atom is 0.416 e. The average Bonchev–Trinajstić information content (AvgIpc) is 2.84. The lowest BCUT2D eigenvalue weighted by atomic mass is 10.1. The van der Waals surface area contributed by atoms with E-state index in [1.165, 1.54) is 24.3 Å². The first kappa shape index (κ1) is 27.3. The summed E-state index contributed by atoms with van der Waals surface area (Å²) in [7, 11) is 0. The average molecular weight is 563 g/mol. The number of anilines is 2. The molecule has 0 radical (unpaired) electrons. The topological polar surface area (TPSA) is 67.4 Å². The number of nitrogens with one attached hydrogen (secondary N) is 2. The van der Waals surface area contributed by atoms with E-state index in [2.05, 4.69) is 33.5 Å². The summed E-state index contributed by atoms with van der Waals surface area (Å²) in [6.45, 7) is 2.62. The second-order valence-corrected chi connectivity index (χ2v) is 9.03. The zero-order valence-corrected chi connectivity index (χ0v) is 21.2. The molecule has 3 aromatic carbocycles. The second kappa shape index (κ2) is 12.6. The molecule has 0 aliphatic rings. The van der Waals surface area contributed by atoms with Gasteiger partial charge in [0.2, 0.25) is 0 Å². The highest BCUT2D eigenvalue weighted by Crippen LogP contribution is 2.31. The molecule has 9 heteroatoms. The highest BCUT2D eigenvalue weighted by atomic mass is 79.9. The number of halogens is 4. The molecular weight excluding hydrogens is 537 g/mol. The Hall–Kier alpha value is -3.33. The van der Waals surface area contributed by atoms with Gasteiger partial charge in [0.1, 0.15) is 5.75 Å². The summed E-state index contributed by atoms with van der Waals surface area (Å²) in [5.41, 5.74) is 0.00829. The summed E-state index contributed by atoms with van der Waals surface area (Å²) in [5, 5.41) is 5.22. The highest BCUT2D eigenvalue weighted by Gasteiger charge is 2.30. The molecule has 2 amide bonds. The molecule has 5 nitrogen and oxygen atoms in total. The van der Waals surface area contributed by atoms with Gasteiger partial charge < -0.3 is 15.4 Å². The molecule has 36 heavy (non-hydrogen) atoms. The Balaban J connectivity index is 1.70. The third-order valence-corrected chi connectivity index (χ3v) is 5.77. The smallest absolute Gasteiger partial charge is 0.416 e. The van der Waals surface area contributed by atoms with Crippen molar-refractivity contribution in [1.29, 1.82) is 0 Å². The monoisotopic (exact) mass is 562 g/mol. The summed E-state index contributed by atoms with van der Waals surface area (Å²) >= 11 is 3.37. The van der Waals surface area contributed by atoms with Crippen LogP contribution in [0.1, 0.15) is 58.9 Å². The molecule has 0 spiro atoms. The molecule has 0 aliphatic heterocycles. The first-order valence-corrected chi connectivity index (χ1v) is 12.3. The van der Waals surface area contributed by atoms with Crippen molar-refractivity contribution in [2.45, 2.75) is 38.8 Å². The van der Waals surface area contributed by atoms with Crippen molar-refractivity contribution in [3.05, 3.63) is 87.9 Å². The Bertz CT molecular complexity index is 1210. The molecule has 0 saturated heterocycles. The number of carbonyl (C=O) groups excluding carboxylic acids is 2. The molecule has 0 bridgehead atoms. The van der Waals surface area contributed by atoms with E-state index in [1.807, 2.05) is 0 Å². The van der Waals surface area contributed by atoms with Gasteiger partial charge in [-0.2, -0.15) is 13.2 Å². The van der Waals surface area contributed by atoms with E-state index in [0.29, 0.717) is 28.1 Å². The predicted molar refractivity (Wildman–Crippen MR) is 138 cm³/mol. The predicted octanol–water partition coefficient (Wildman–Crippen LogP) is 7.93. The van der Waals surface area contributed by atoms with Gasteiger partial charge in [-0.3, -0.25) is 9.59 Å². The largest absolute Gasteiger partial charge is 0.493 e. The number of benzene rings is 3. The fourth-order valence-corrected chi connectivity index (χ4v) is 3.79. The first-order valence-electron chi connectivity index (χ1n) is 11.5. The third kappa shape index (κ3) is 7.84. The SMILES string of the molecule is CCCCCCOc1ccc(Br)cc1C(=O)Nc1cccc(C(=O)Nc2cccc(C(F)(F)F)c2)c1. The van der Waals surface area contributed by atoms with Crippen molar-refractivity contribution < 1.29 is 27.5 Å². The lowest BCUT2D eigenvalue weighted by Gasteiger charge is -2.13. The van der Waals surface area contributed by atoms with Crippen LogP contribution in [0.15, 0.2) is 71.2 Å². The normalized spacial score (nSPS) is 11.1. The summed E-state index contributed by atoms with van der Waals surface area (Å²) in [6.07, 6.45) is -0.356. The van der Waals surface area contributed by atoms with Gasteiger partial charge in [0.25, 0.3) is 11.8 Å². The zero-order valence-electron chi connectivity index (χ0n) is 19.6. The van der Waals surface area contributed by atoms with Crippen LogP contribution in [0.25, 0.3) is 0 Å². The van der Waals surface area contributed by atoms with Crippen LogP contribution in [-0.4, -0.2) is 18.4 Å². The number of hydrogen-bond donors (Lipinski definition) is 2. The van der Waals surface area contributed by atoms with Gasteiger partial charge in [-0.05, 0) is 61.0 Å². The molecule has 3 aromatic rings. The van der Waals surface area contributed by atoms with E-state index in [-0.39, 0.29) is 11.3 Å². The van der Waals surface area contributed by atoms with Crippen molar-refractivity contribution in [2.75, 3.05) is 17.2 Å². The molecule has 2 N–H and O–H groups in total. The van der Waals surface area contributed by atoms with Gasteiger partial charge in [-0.15, -0.1) is 0 Å². The fourth-order valence-electron chi connectivity index (χ4n) is 3.43. The van der Waals surface area contributed by atoms with E-state index in [4.69, 9.17) is 4.74 Å². The van der Waals surface area contributed by atoms with E-state index in [1.54, 1.807) is 30.3 Å². The van der Waals surface area contributed by atoms with Crippen molar-refractivity contribution in [3.8, 4) is 5.75 Å². The molecule has 0 unspecified atom stereocenters. The molecule has 3 rings (SSSR count). The number of unbranched alkanes of at least 4 members (excludes halogenated alkanes) is 3. The summed E-state index contributed by atoms with van der Waals surface area (Å²) in [6, 6.07) is 15.7. The number of carbonyl (C=O) groups is 2. The zero-order chi connectivity index (χ0) is 26.1. The van der Waals surface area contributed by atoms with Gasteiger partial charge in [-0.1, -0.05) is 54.2 Å². The standard InChI is InChI=1S/C27H26BrF3N2O3/c1-2-3-4-5-14-36-24-13-12-20(28)17-23(24)26(35)33-21-10-6-8-18(15-21)25(34)32-22-11-7-9-19(16-22)27(29,30)31/h6-13,15-17H,2-5,14H2,1H3,(H,32,34)(H,33,35). The number of rotatable bonds is 10. The number of ether oxygens (including phenoxy) is 1. The van der Waals surface area contributed by atoms with Crippen LogP contribution in [0, 0.1) is 0 Å². The lowest BCUT2D eigenvalue weighted by molar-refractivity contribution is -0.137.